The summed E-state index contributed by atoms with van der Waals surface area (Å²) < 4.78 is 9.65. The number of rotatable bonds is 25. The highest BCUT2D eigenvalue weighted by atomic mass is 16.5. The zero-order valence-electron chi connectivity index (χ0n) is 46.5. The minimum Gasteiger partial charge on any atom is -0.468 e. The number of aryl methyl sites for hydroxylation is 2. The molecule has 2 atom stereocenters. The fraction of sp³-hybridized carbons (Fsp3) is 0.200. The maximum absolute atomic E-state index is 13.7. The van der Waals surface area contributed by atoms with Crippen LogP contribution in [0.1, 0.15) is 76.6 Å². The second-order valence-corrected chi connectivity index (χ2v) is 19.3. The molecule has 0 saturated carbocycles. The van der Waals surface area contributed by atoms with E-state index in [1.165, 1.54) is 25.9 Å². The van der Waals surface area contributed by atoms with Gasteiger partial charge in [0.25, 0.3) is 0 Å². The van der Waals surface area contributed by atoms with Crippen molar-refractivity contribution >= 4 is 35.3 Å². The second kappa shape index (κ2) is 32.6. The molecule has 8 rings (SSSR count). The van der Waals surface area contributed by atoms with Gasteiger partial charge in [-0.05, 0) is 63.4 Å². The molecule has 0 spiro atoms. The molecule has 0 radical (unpaired) electrons. The molecule has 2 amide bonds. The largest absolute Gasteiger partial charge is 0.468 e. The van der Waals surface area contributed by atoms with Crippen molar-refractivity contribution in [2.24, 2.45) is 5.73 Å². The van der Waals surface area contributed by atoms with Crippen molar-refractivity contribution in [3.05, 3.63) is 300 Å². The van der Waals surface area contributed by atoms with Crippen molar-refractivity contribution in [1.82, 2.24) is 16.0 Å². The van der Waals surface area contributed by atoms with Gasteiger partial charge >= 0.3 is 11.9 Å². The molecule has 0 fully saturated rings. The molecule has 12 heteroatoms. The number of amides is 2. The van der Waals surface area contributed by atoms with Gasteiger partial charge in [0.05, 0.1) is 27.1 Å². The molecule has 8 aromatic rings. The average molecular weight is 1100 g/mol. The summed E-state index contributed by atoms with van der Waals surface area (Å²) >= 11 is 0. The van der Waals surface area contributed by atoms with Gasteiger partial charge < -0.3 is 31.2 Å². The lowest BCUT2D eigenvalue weighted by Crippen LogP contribution is -2.50. The van der Waals surface area contributed by atoms with E-state index in [1.807, 2.05) is 243 Å². The van der Waals surface area contributed by atoms with E-state index in [1.54, 1.807) is 0 Å². The van der Waals surface area contributed by atoms with Gasteiger partial charge in [0.15, 0.2) is 5.78 Å². The Labute approximate surface area is 481 Å². The molecule has 420 valence electrons. The Kier molecular flexibility index (Phi) is 24.6. The number of carbonyl (C=O) groups excluding carboxylic acids is 6. The number of allylic oxidation sites excluding steroid dienone is 1. The van der Waals surface area contributed by atoms with Crippen LogP contribution in [0, 0.1) is 0 Å². The smallest absolute Gasteiger partial charge is 0.323 e. The van der Waals surface area contributed by atoms with Crippen molar-refractivity contribution in [2.75, 3.05) is 20.8 Å². The molecule has 5 N–H and O–H groups in total. The number of methoxy groups -OCH3 is 2. The Balaban J connectivity index is 0.000000227. The Hall–Kier alpha value is -9.36. The SMILES string of the molecule is C=CC(=O)CCc1ccccc1.COC(=O)[C@@H](CC(=O)NC(c1ccccc1)(c1ccccc1)c1ccccc1)NCCC(=O)CCc1ccccc1.COC(=O)[C@H](N)CC(=O)NC(c1ccccc1)(c1ccccc1)c1ccccc1. The normalized spacial score (nSPS) is 11.5. The fourth-order valence-electron chi connectivity index (χ4n) is 9.54. The van der Waals surface area contributed by atoms with Gasteiger partial charge in [-0.2, -0.15) is 0 Å². The van der Waals surface area contributed by atoms with E-state index in [2.05, 4.69) is 27.3 Å². The van der Waals surface area contributed by atoms with Crippen LogP contribution in [-0.2, 0) is 62.2 Å². The lowest BCUT2D eigenvalue weighted by atomic mass is 9.77. The summed E-state index contributed by atoms with van der Waals surface area (Å²) in [7, 11) is 2.55. The quantitative estimate of drug-likeness (QED) is 0.0244. The number of nitrogens with one attached hydrogen (secondary N) is 3. The van der Waals surface area contributed by atoms with Crippen LogP contribution in [0.2, 0.25) is 0 Å². The Morgan fingerprint density at radius 2 is 0.744 bits per heavy atom. The number of nitrogens with two attached hydrogens (primary N) is 1. The number of ether oxygens (including phenoxy) is 2. The molecule has 0 unspecified atom stereocenters. The maximum Gasteiger partial charge on any atom is 0.323 e. The van der Waals surface area contributed by atoms with E-state index in [0.29, 0.717) is 19.3 Å². The van der Waals surface area contributed by atoms with Gasteiger partial charge in [-0.3, -0.25) is 28.8 Å². The lowest BCUT2D eigenvalue weighted by Gasteiger charge is -2.37. The molecule has 0 saturated heterocycles. The van der Waals surface area contributed by atoms with E-state index in [9.17, 15) is 28.8 Å². The molecule has 12 nitrogen and oxygen atoms in total. The van der Waals surface area contributed by atoms with Gasteiger partial charge in [-0.15, -0.1) is 0 Å². The third kappa shape index (κ3) is 17.8. The summed E-state index contributed by atoms with van der Waals surface area (Å²) in [5.41, 5.74) is 11.6. The number of Topliss-reactive ketones (excluding diaryl/α,β-unsaturated/α-hetero) is 1. The summed E-state index contributed by atoms with van der Waals surface area (Å²) in [6, 6.07) is 76.5. The monoisotopic (exact) mass is 1100 g/mol. The van der Waals surface area contributed by atoms with Crippen LogP contribution in [0.4, 0.5) is 0 Å². The summed E-state index contributed by atoms with van der Waals surface area (Å²) in [5.74, 6) is -1.66. The van der Waals surface area contributed by atoms with Crippen molar-refractivity contribution in [3.63, 3.8) is 0 Å². The van der Waals surface area contributed by atoms with E-state index in [0.717, 1.165) is 45.4 Å². The van der Waals surface area contributed by atoms with Gasteiger partial charge in [0.2, 0.25) is 11.8 Å². The molecule has 8 aromatic carbocycles. The predicted molar refractivity (Wildman–Crippen MR) is 322 cm³/mol. The summed E-state index contributed by atoms with van der Waals surface area (Å²) in [5, 5.41) is 9.51. The third-order valence-corrected chi connectivity index (χ3v) is 13.7. The molecular formula is C70H72N4O8. The minimum absolute atomic E-state index is 0.0886. The number of esters is 2. The highest BCUT2D eigenvalue weighted by Crippen LogP contribution is 2.38. The molecule has 0 aliphatic rings. The van der Waals surface area contributed by atoms with E-state index in [4.69, 9.17) is 10.5 Å². The molecule has 0 aromatic heterocycles. The fourth-order valence-corrected chi connectivity index (χ4v) is 9.54. The Bertz CT molecular complexity index is 3030. The number of ketones is 2. The van der Waals surface area contributed by atoms with Crippen molar-refractivity contribution in [2.45, 2.75) is 68.1 Å². The first kappa shape index (κ1) is 61.8. The van der Waals surface area contributed by atoms with E-state index >= 15 is 0 Å². The Morgan fingerprint density at radius 3 is 1.06 bits per heavy atom. The van der Waals surface area contributed by atoms with Gasteiger partial charge in [0.1, 0.15) is 28.9 Å². The van der Waals surface area contributed by atoms with Crippen molar-refractivity contribution < 1.29 is 38.2 Å². The molecule has 0 heterocycles. The third-order valence-electron chi connectivity index (χ3n) is 13.7. The van der Waals surface area contributed by atoms with Crippen molar-refractivity contribution in [3.8, 4) is 0 Å². The first-order valence-electron chi connectivity index (χ1n) is 27.3. The lowest BCUT2D eigenvalue weighted by molar-refractivity contribution is -0.145. The van der Waals surface area contributed by atoms with Gasteiger partial charge in [0, 0.05) is 25.8 Å². The Morgan fingerprint density at radius 1 is 0.439 bits per heavy atom. The standard InChI is InChI=1S/C35H36N2O4.C24H24N2O3.C11H12O/c1-41-34(40)32(36-25-24-31(38)23-22-27-14-6-2-7-15-27)26-33(39)37-35(28-16-8-3-9-17-28,29-18-10-4-11-19-29)30-20-12-5-13-21-30;1-29-23(28)21(25)17-22(27)26-24(18-11-5-2-6-12-18,19-13-7-3-8-14-19)20-15-9-4-10-16-20;1-2-11(12)9-8-10-6-4-3-5-7-10/h2-21,32,36H,22-26H2,1H3,(H,37,39);2-16,21H,17,25H2,1H3,(H,26,27);2-7H,1,8-9H2/t32-;21-;/m11./s1. The van der Waals surface area contributed by atoms with Crippen LogP contribution in [0.15, 0.2) is 255 Å². The van der Waals surface area contributed by atoms with Crippen LogP contribution in [0.25, 0.3) is 0 Å². The highest BCUT2D eigenvalue weighted by Gasteiger charge is 2.40. The molecule has 0 aliphatic heterocycles. The molecule has 0 aliphatic carbocycles. The van der Waals surface area contributed by atoms with Crippen LogP contribution in [0.5, 0.6) is 0 Å². The number of hydrogen-bond donors (Lipinski definition) is 4. The number of benzene rings is 8. The molecule has 82 heavy (non-hydrogen) atoms. The number of hydrogen-bond acceptors (Lipinski definition) is 10. The highest BCUT2D eigenvalue weighted by molar-refractivity contribution is 5.89. The summed E-state index contributed by atoms with van der Waals surface area (Å²) in [4.78, 5) is 74.5. The first-order valence-corrected chi connectivity index (χ1v) is 27.3. The molecular weight excluding hydrogens is 1020 g/mol. The average Bonchev–Trinajstić information content (AvgIpc) is 3.63. The van der Waals surface area contributed by atoms with Crippen molar-refractivity contribution in [1.29, 1.82) is 0 Å². The van der Waals surface area contributed by atoms with Gasteiger partial charge in [-0.25, -0.2) is 0 Å². The minimum atomic E-state index is -1.03. The number of carbonyl (C=O) groups is 6. The zero-order valence-corrected chi connectivity index (χ0v) is 46.5. The van der Waals surface area contributed by atoms with E-state index < -0.39 is 35.1 Å². The topological polar surface area (TPSA) is 183 Å². The zero-order chi connectivity index (χ0) is 58.4. The predicted octanol–water partition coefficient (Wildman–Crippen LogP) is 10.6. The van der Waals surface area contributed by atoms with Crippen LogP contribution < -0.4 is 21.7 Å². The van der Waals surface area contributed by atoms with Crippen LogP contribution in [0.3, 0.4) is 0 Å². The van der Waals surface area contributed by atoms with E-state index in [-0.39, 0.29) is 49.2 Å². The first-order chi connectivity index (χ1) is 39.9. The second-order valence-electron chi connectivity index (χ2n) is 19.3. The van der Waals surface area contributed by atoms with Crippen LogP contribution in [-0.4, -0.2) is 68.2 Å². The summed E-state index contributed by atoms with van der Waals surface area (Å²) in [6.07, 6.45) is 3.76. The van der Waals surface area contributed by atoms with Crippen LogP contribution >= 0.6 is 0 Å². The maximum atomic E-state index is 13.7. The van der Waals surface area contributed by atoms with Gasteiger partial charge in [-0.1, -0.05) is 249 Å². The summed E-state index contributed by atoms with van der Waals surface area (Å²) in [6.45, 7) is 3.69. The molecule has 0 bridgehead atoms.